The minimum Gasteiger partial charge on any atom is -0.481 e. The van der Waals surface area contributed by atoms with Crippen molar-refractivity contribution in [1.29, 1.82) is 0 Å². The largest absolute Gasteiger partial charge is 0.481 e. The number of methoxy groups -OCH3 is 1. The van der Waals surface area contributed by atoms with Gasteiger partial charge in [0.2, 0.25) is 5.88 Å². The molecule has 0 fully saturated rings. The number of aromatic nitrogens is 1. The van der Waals surface area contributed by atoms with E-state index in [1.54, 1.807) is 13.0 Å². The van der Waals surface area contributed by atoms with E-state index in [-0.39, 0.29) is 19.6 Å². The highest BCUT2D eigenvalue weighted by molar-refractivity contribution is 5.80. The van der Waals surface area contributed by atoms with E-state index in [9.17, 15) is 9.90 Å². The maximum atomic E-state index is 12.5. The molecule has 0 aliphatic rings. The Kier molecular flexibility index (Phi) is 7.76. The summed E-state index contributed by atoms with van der Waals surface area (Å²) < 4.78 is 17.4. The molecule has 6 heteroatoms. The fourth-order valence-electron chi connectivity index (χ4n) is 3.49. The molecule has 0 aliphatic heterocycles. The maximum Gasteiger partial charge on any atom is 0.340 e. The van der Waals surface area contributed by atoms with Gasteiger partial charge in [-0.05, 0) is 23.6 Å². The van der Waals surface area contributed by atoms with E-state index in [4.69, 9.17) is 14.2 Å². The molecule has 1 heterocycles. The first-order valence-electron chi connectivity index (χ1n) is 10.2. The van der Waals surface area contributed by atoms with Gasteiger partial charge in [-0.2, -0.15) is 0 Å². The van der Waals surface area contributed by atoms with Gasteiger partial charge in [-0.15, -0.1) is 0 Å². The van der Waals surface area contributed by atoms with Crippen LogP contribution in [0.25, 0.3) is 0 Å². The molecule has 0 bridgehead atoms. The molecule has 3 rings (SSSR count). The number of ether oxygens (including phenoxy) is 3. The zero-order valence-electron chi connectivity index (χ0n) is 17.8. The second-order valence-corrected chi connectivity index (χ2v) is 7.08. The van der Waals surface area contributed by atoms with Crippen LogP contribution in [-0.4, -0.2) is 23.2 Å². The van der Waals surface area contributed by atoms with Crippen LogP contribution in [0.15, 0.2) is 72.9 Å². The summed E-state index contributed by atoms with van der Waals surface area (Å²) in [6.45, 7) is 2.48. The number of hydrogen-bond acceptors (Lipinski definition) is 5. The SMILES string of the molecule is CC[C@@](OCc1ccccc1)(C(=O)O)c1ccnc(OC)c1COCc1ccccc1. The van der Waals surface area contributed by atoms with E-state index in [1.165, 1.54) is 13.3 Å². The topological polar surface area (TPSA) is 77.9 Å². The van der Waals surface area contributed by atoms with Gasteiger partial charge in [0.15, 0.2) is 5.60 Å². The molecule has 1 atom stereocenters. The molecule has 0 amide bonds. The average molecular weight is 421 g/mol. The van der Waals surface area contributed by atoms with E-state index >= 15 is 0 Å². The molecule has 1 N–H and O–H groups in total. The molecule has 0 saturated heterocycles. The van der Waals surface area contributed by atoms with Crippen LogP contribution >= 0.6 is 0 Å². The minimum absolute atomic E-state index is 0.144. The number of hydrogen-bond donors (Lipinski definition) is 1. The van der Waals surface area contributed by atoms with Gasteiger partial charge in [0.25, 0.3) is 0 Å². The molecule has 6 nitrogen and oxygen atoms in total. The number of pyridine rings is 1. The van der Waals surface area contributed by atoms with Gasteiger partial charge in [0.05, 0.1) is 26.9 Å². The lowest BCUT2D eigenvalue weighted by Gasteiger charge is -2.31. The van der Waals surface area contributed by atoms with Gasteiger partial charge in [0, 0.05) is 17.3 Å². The fourth-order valence-corrected chi connectivity index (χ4v) is 3.49. The summed E-state index contributed by atoms with van der Waals surface area (Å²) in [5, 5.41) is 10.2. The third-order valence-corrected chi connectivity index (χ3v) is 5.17. The monoisotopic (exact) mass is 421 g/mol. The van der Waals surface area contributed by atoms with E-state index in [1.807, 2.05) is 60.7 Å². The number of nitrogens with zero attached hydrogens (tertiary/aromatic N) is 1. The van der Waals surface area contributed by atoms with E-state index in [2.05, 4.69) is 4.98 Å². The molecule has 0 spiro atoms. The number of carboxylic acid groups (broad SMARTS) is 1. The molecule has 2 aromatic carbocycles. The van der Waals surface area contributed by atoms with Crippen LogP contribution in [0.2, 0.25) is 0 Å². The highest BCUT2D eigenvalue weighted by Gasteiger charge is 2.42. The number of rotatable bonds is 11. The summed E-state index contributed by atoms with van der Waals surface area (Å²) in [4.78, 5) is 16.8. The van der Waals surface area contributed by atoms with Crippen molar-refractivity contribution in [2.75, 3.05) is 7.11 Å². The Labute approximate surface area is 182 Å². The summed E-state index contributed by atoms with van der Waals surface area (Å²) in [5.74, 6) is -0.739. The van der Waals surface area contributed by atoms with Crippen LogP contribution in [0.1, 0.15) is 35.6 Å². The van der Waals surface area contributed by atoms with Gasteiger partial charge in [-0.3, -0.25) is 0 Å². The first-order chi connectivity index (χ1) is 15.1. The zero-order chi connectivity index (χ0) is 22.1. The molecule has 3 aromatic rings. The lowest BCUT2D eigenvalue weighted by atomic mass is 9.88. The average Bonchev–Trinajstić information content (AvgIpc) is 2.81. The van der Waals surface area contributed by atoms with Crippen LogP contribution in [-0.2, 0) is 39.7 Å². The summed E-state index contributed by atoms with van der Waals surface area (Å²) in [5.41, 5.74) is 1.41. The number of carbonyl (C=O) groups is 1. The Morgan fingerprint density at radius 1 is 0.935 bits per heavy atom. The molecular weight excluding hydrogens is 394 g/mol. The summed E-state index contributed by atoms with van der Waals surface area (Å²) in [6.07, 6.45) is 1.77. The third-order valence-electron chi connectivity index (χ3n) is 5.17. The second-order valence-electron chi connectivity index (χ2n) is 7.08. The normalized spacial score (nSPS) is 12.8. The minimum atomic E-state index is -1.56. The summed E-state index contributed by atoms with van der Waals surface area (Å²) in [6, 6.07) is 20.9. The Balaban J connectivity index is 1.91. The van der Waals surface area contributed by atoms with Crippen LogP contribution in [0.3, 0.4) is 0 Å². The van der Waals surface area contributed by atoms with Gasteiger partial charge < -0.3 is 19.3 Å². The predicted molar refractivity (Wildman–Crippen MR) is 117 cm³/mol. The quantitative estimate of drug-likeness (QED) is 0.483. The number of aliphatic carboxylic acids is 1. The molecule has 0 saturated carbocycles. The Bertz CT molecular complexity index is 978. The standard InChI is InChI=1S/C25H27NO5/c1-3-25(24(27)28,31-17-20-12-8-5-9-13-20)22-14-15-26-23(29-2)21(22)18-30-16-19-10-6-4-7-11-19/h4-15H,3,16-18H2,1-2H3,(H,27,28)/t25-/m0/s1. The van der Waals surface area contributed by atoms with Gasteiger partial charge in [0.1, 0.15) is 0 Å². The highest BCUT2D eigenvalue weighted by atomic mass is 16.5. The molecule has 0 unspecified atom stereocenters. The van der Waals surface area contributed by atoms with Crippen molar-refractivity contribution in [2.24, 2.45) is 0 Å². The molecule has 1 aromatic heterocycles. The maximum absolute atomic E-state index is 12.5. The lowest BCUT2D eigenvalue weighted by molar-refractivity contribution is -0.171. The van der Waals surface area contributed by atoms with Crippen molar-refractivity contribution >= 4 is 5.97 Å². The van der Waals surface area contributed by atoms with Gasteiger partial charge in [-0.25, -0.2) is 9.78 Å². The van der Waals surface area contributed by atoms with Crippen molar-refractivity contribution in [3.05, 3.63) is 95.2 Å². The van der Waals surface area contributed by atoms with Crippen molar-refractivity contribution in [3.63, 3.8) is 0 Å². The van der Waals surface area contributed by atoms with Crippen LogP contribution in [0, 0.1) is 0 Å². The Morgan fingerprint density at radius 3 is 2.10 bits per heavy atom. The number of benzene rings is 2. The zero-order valence-corrected chi connectivity index (χ0v) is 17.8. The van der Waals surface area contributed by atoms with Gasteiger partial charge in [-0.1, -0.05) is 67.6 Å². The number of carboxylic acids is 1. The van der Waals surface area contributed by atoms with E-state index in [0.717, 1.165) is 11.1 Å². The fraction of sp³-hybridized carbons (Fsp3) is 0.280. The van der Waals surface area contributed by atoms with E-state index in [0.29, 0.717) is 23.6 Å². The summed E-state index contributed by atoms with van der Waals surface area (Å²) in [7, 11) is 1.51. The highest BCUT2D eigenvalue weighted by Crippen LogP contribution is 2.37. The smallest absolute Gasteiger partial charge is 0.340 e. The van der Waals surface area contributed by atoms with Crippen molar-refractivity contribution in [2.45, 2.75) is 38.8 Å². The molecule has 0 aliphatic carbocycles. The van der Waals surface area contributed by atoms with Crippen LogP contribution < -0.4 is 4.74 Å². The van der Waals surface area contributed by atoms with Crippen LogP contribution in [0.5, 0.6) is 5.88 Å². The molecule has 162 valence electrons. The third kappa shape index (κ3) is 5.29. The second kappa shape index (κ2) is 10.7. The first kappa shape index (κ1) is 22.5. The van der Waals surface area contributed by atoms with Crippen molar-refractivity contribution in [3.8, 4) is 5.88 Å². The molecular formula is C25H27NO5. The molecule has 0 radical (unpaired) electrons. The lowest BCUT2D eigenvalue weighted by Crippen LogP contribution is -2.39. The van der Waals surface area contributed by atoms with Gasteiger partial charge >= 0.3 is 5.97 Å². The predicted octanol–water partition coefficient (Wildman–Crippen LogP) is 4.71. The Morgan fingerprint density at radius 2 is 1.55 bits per heavy atom. The first-order valence-corrected chi connectivity index (χ1v) is 10.2. The van der Waals surface area contributed by atoms with Crippen molar-refractivity contribution < 1.29 is 24.1 Å². The molecule has 31 heavy (non-hydrogen) atoms. The van der Waals surface area contributed by atoms with Crippen molar-refractivity contribution in [1.82, 2.24) is 4.98 Å². The van der Waals surface area contributed by atoms with E-state index < -0.39 is 11.6 Å². The Hall–Kier alpha value is -3.22. The van der Waals surface area contributed by atoms with Crippen LogP contribution in [0.4, 0.5) is 0 Å². The summed E-state index contributed by atoms with van der Waals surface area (Å²) >= 11 is 0.